The number of methoxy groups -OCH3 is 1. The maximum absolute atomic E-state index is 11.8. The molecule has 98 valence electrons. The Bertz CT molecular complexity index is 381. The number of nitrogens with one attached hydrogen (secondary N) is 1. The molecule has 4 heteroatoms. The second-order valence-electron chi connectivity index (χ2n) is 4.68. The van der Waals surface area contributed by atoms with Crippen LogP contribution in [0.2, 0.25) is 0 Å². The molecule has 1 N–H and O–H groups in total. The second-order valence-corrected chi connectivity index (χ2v) is 4.68. The number of benzene rings is 1. The third kappa shape index (κ3) is 3.55. The van der Waals surface area contributed by atoms with Crippen LogP contribution in [0.1, 0.15) is 12.0 Å². The Labute approximate surface area is 108 Å². The molecule has 1 unspecified atom stereocenters. The van der Waals surface area contributed by atoms with Crippen LogP contribution >= 0.6 is 0 Å². The molecule has 0 bridgehead atoms. The molecule has 18 heavy (non-hydrogen) atoms. The van der Waals surface area contributed by atoms with E-state index in [1.54, 1.807) is 7.11 Å². The number of carbonyl (C=O) groups excluding carboxylic acids is 1. The van der Waals surface area contributed by atoms with Gasteiger partial charge in [-0.3, -0.25) is 9.69 Å². The van der Waals surface area contributed by atoms with Crippen LogP contribution in [0.5, 0.6) is 0 Å². The summed E-state index contributed by atoms with van der Waals surface area (Å²) < 4.78 is 4.85. The van der Waals surface area contributed by atoms with Crippen LogP contribution in [-0.4, -0.2) is 37.7 Å². The van der Waals surface area contributed by atoms with Gasteiger partial charge in [-0.15, -0.1) is 0 Å². The van der Waals surface area contributed by atoms with Crippen LogP contribution in [0.25, 0.3) is 0 Å². The van der Waals surface area contributed by atoms with Gasteiger partial charge < -0.3 is 10.1 Å². The molecule has 1 aliphatic rings. The Balaban J connectivity index is 1.80. The van der Waals surface area contributed by atoms with Crippen LogP contribution in [-0.2, 0) is 16.1 Å². The largest absolute Gasteiger partial charge is 0.364 e. The summed E-state index contributed by atoms with van der Waals surface area (Å²) in [5.41, 5.74) is 1.30. The third-order valence-electron chi connectivity index (χ3n) is 3.28. The van der Waals surface area contributed by atoms with Crippen molar-refractivity contribution in [1.82, 2.24) is 10.2 Å². The summed E-state index contributed by atoms with van der Waals surface area (Å²) in [7, 11) is 1.58. The molecule has 1 saturated heterocycles. The van der Waals surface area contributed by atoms with Gasteiger partial charge in [-0.05, 0) is 18.5 Å². The summed E-state index contributed by atoms with van der Waals surface area (Å²) in [6.07, 6.45) is 0.933. The number of nitrogens with zero attached hydrogens (tertiary/aromatic N) is 1. The van der Waals surface area contributed by atoms with Crippen molar-refractivity contribution in [3.05, 3.63) is 35.9 Å². The van der Waals surface area contributed by atoms with E-state index >= 15 is 0 Å². The van der Waals surface area contributed by atoms with Crippen molar-refractivity contribution in [2.24, 2.45) is 5.92 Å². The zero-order valence-electron chi connectivity index (χ0n) is 10.8. The third-order valence-corrected chi connectivity index (χ3v) is 3.28. The summed E-state index contributed by atoms with van der Waals surface area (Å²) in [6, 6.07) is 10.4. The minimum Gasteiger partial charge on any atom is -0.364 e. The Hall–Kier alpha value is -1.39. The molecule has 1 fully saturated rings. The van der Waals surface area contributed by atoms with Crippen LogP contribution in [0.4, 0.5) is 0 Å². The number of hydrogen-bond acceptors (Lipinski definition) is 3. The zero-order chi connectivity index (χ0) is 12.8. The van der Waals surface area contributed by atoms with Gasteiger partial charge in [0.1, 0.15) is 6.73 Å². The molecule has 0 spiro atoms. The molecule has 0 aromatic heterocycles. The van der Waals surface area contributed by atoms with Crippen molar-refractivity contribution in [2.45, 2.75) is 13.0 Å². The standard InChI is InChI=1S/C14H20N2O2/c1-18-11-15-14(17)13-7-8-16(10-13)9-12-5-3-2-4-6-12/h2-6,13H,7-11H2,1H3,(H,15,17). The molecule has 0 saturated carbocycles. The Morgan fingerprint density at radius 1 is 1.44 bits per heavy atom. The highest BCUT2D eigenvalue weighted by Gasteiger charge is 2.27. The fourth-order valence-corrected chi connectivity index (χ4v) is 2.32. The van der Waals surface area contributed by atoms with E-state index in [-0.39, 0.29) is 11.8 Å². The van der Waals surface area contributed by atoms with Gasteiger partial charge in [0.2, 0.25) is 5.91 Å². The number of carbonyl (C=O) groups is 1. The number of rotatable bonds is 5. The number of ether oxygens (including phenoxy) is 1. The SMILES string of the molecule is COCNC(=O)C1CCN(Cc2ccccc2)C1. The lowest BCUT2D eigenvalue weighted by atomic mass is 10.1. The van der Waals surface area contributed by atoms with E-state index in [9.17, 15) is 4.79 Å². The van der Waals surface area contributed by atoms with Gasteiger partial charge in [-0.25, -0.2) is 0 Å². The van der Waals surface area contributed by atoms with Crippen LogP contribution < -0.4 is 5.32 Å². The maximum atomic E-state index is 11.8. The molecule has 1 amide bonds. The number of amides is 1. The molecule has 4 nitrogen and oxygen atoms in total. The first-order valence-electron chi connectivity index (χ1n) is 6.32. The topological polar surface area (TPSA) is 41.6 Å². The highest BCUT2D eigenvalue weighted by Crippen LogP contribution is 2.18. The number of hydrogen-bond donors (Lipinski definition) is 1. The quantitative estimate of drug-likeness (QED) is 0.797. The lowest BCUT2D eigenvalue weighted by molar-refractivity contribution is -0.126. The monoisotopic (exact) mass is 248 g/mol. The van der Waals surface area contributed by atoms with Crippen molar-refractivity contribution in [3.63, 3.8) is 0 Å². The van der Waals surface area contributed by atoms with Gasteiger partial charge in [0, 0.05) is 20.2 Å². The predicted octanol–water partition coefficient (Wildman–Crippen LogP) is 1.23. The fraction of sp³-hybridized carbons (Fsp3) is 0.500. The fourth-order valence-electron chi connectivity index (χ4n) is 2.32. The van der Waals surface area contributed by atoms with Gasteiger partial charge >= 0.3 is 0 Å². The van der Waals surface area contributed by atoms with Gasteiger partial charge in [-0.1, -0.05) is 30.3 Å². The van der Waals surface area contributed by atoms with Crippen molar-refractivity contribution >= 4 is 5.91 Å². The Morgan fingerprint density at radius 3 is 2.94 bits per heavy atom. The van der Waals surface area contributed by atoms with Crippen molar-refractivity contribution in [3.8, 4) is 0 Å². The molecular formula is C14H20N2O2. The van der Waals surface area contributed by atoms with Crippen molar-refractivity contribution in [1.29, 1.82) is 0 Å². The molecule has 0 aliphatic carbocycles. The van der Waals surface area contributed by atoms with E-state index in [4.69, 9.17) is 4.74 Å². The first-order chi connectivity index (χ1) is 8.79. The Morgan fingerprint density at radius 2 is 2.22 bits per heavy atom. The van der Waals surface area contributed by atoms with Gasteiger partial charge in [-0.2, -0.15) is 0 Å². The maximum Gasteiger partial charge on any atom is 0.226 e. The lowest BCUT2D eigenvalue weighted by Gasteiger charge is -2.15. The first-order valence-corrected chi connectivity index (χ1v) is 6.32. The molecular weight excluding hydrogens is 228 g/mol. The molecule has 0 radical (unpaired) electrons. The zero-order valence-corrected chi connectivity index (χ0v) is 10.8. The molecule has 1 aromatic rings. The number of likely N-dealkylation sites (tertiary alicyclic amines) is 1. The molecule has 1 aliphatic heterocycles. The van der Waals surface area contributed by atoms with Crippen LogP contribution in [0, 0.1) is 5.92 Å². The van der Waals surface area contributed by atoms with Crippen LogP contribution in [0.15, 0.2) is 30.3 Å². The normalized spacial score (nSPS) is 19.9. The van der Waals surface area contributed by atoms with E-state index in [0.717, 1.165) is 26.1 Å². The predicted molar refractivity (Wildman–Crippen MR) is 69.8 cm³/mol. The summed E-state index contributed by atoms with van der Waals surface area (Å²) in [4.78, 5) is 14.1. The second kappa shape index (κ2) is 6.52. The summed E-state index contributed by atoms with van der Waals surface area (Å²) in [5.74, 6) is 0.205. The minimum absolute atomic E-state index is 0.101. The first kappa shape index (κ1) is 13.1. The van der Waals surface area contributed by atoms with Gasteiger partial charge in [0.05, 0.1) is 5.92 Å². The van der Waals surface area contributed by atoms with E-state index in [0.29, 0.717) is 6.73 Å². The summed E-state index contributed by atoms with van der Waals surface area (Å²) in [5, 5.41) is 2.77. The van der Waals surface area contributed by atoms with E-state index in [1.165, 1.54) is 5.56 Å². The highest BCUT2D eigenvalue weighted by molar-refractivity contribution is 5.79. The summed E-state index contributed by atoms with van der Waals surface area (Å²) >= 11 is 0. The van der Waals surface area contributed by atoms with Gasteiger partial charge in [0.15, 0.2) is 0 Å². The molecule has 1 atom stereocenters. The van der Waals surface area contributed by atoms with Crippen molar-refractivity contribution in [2.75, 3.05) is 26.9 Å². The summed E-state index contributed by atoms with van der Waals surface area (Å²) in [6.45, 7) is 3.05. The highest BCUT2D eigenvalue weighted by atomic mass is 16.5. The minimum atomic E-state index is 0.101. The van der Waals surface area contributed by atoms with E-state index in [1.807, 2.05) is 18.2 Å². The van der Waals surface area contributed by atoms with Crippen molar-refractivity contribution < 1.29 is 9.53 Å². The van der Waals surface area contributed by atoms with E-state index < -0.39 is 0 Å². The van der Waals surface area contributed by atoms with E-state index in [2.05, 4.69) is 22.3 Å². The molecule has 1 aromatic carbocycles. The molecule has 2 rings (SSSR count). The average molecular weight is 248 g/mol. The Kier molecular flexibility index (Phi) is 4.73. The van der Waals surface area contributed by atoms with Crippen LogP contribution in [0.3, 0.4) is 0 Å². The van der Waals surface area contributed by atoms with Gasteiger partial charge in [0.25, 0.3) is 0 Å². The molecule has 1 heterocycles. The average Bonchev–Trinajstić information content (AvgIpc) is 2.86. The smallest absolute Gasteiger partial charge is 0.226 e. The lowest BCUT2D eigenvalue weighted by Crippen LogP contribution is -2.33.